The van der Waals surface area contributed by atoms with Crippen LogP contribution in [0.2, 0.25) is 5.02 Å². The van der Waals surface area contributed by atoms with Gasteiger partial charge in [0.25, 0.3) is 0 Å². The number of hydrogen-bond donors (Lipinski definition) is 0. The Morgan fingerprint density at radius 1 is 1.18 bits per heavy atom. The Hall–Kier alpha value is -2.66. The molecule has 0 unspecified atom stereocenters. The van der Waals surface area contributed by atoms with Gasteiger partial charge in [-0.25, -0.2) is 0 Å². The summed E-state index contributed by atoms with van der Waals surface area (Å²) in [7, 11) is 1.78. The van der Waals surface area contributed by atoms with E-state index in [1.165, 1.54) is 5.56 Å². The fraction of sp³-hybridized carbons (Fsp3) is 0.318. The first-order valence-corrected chi connectivity index (χ1v) is 9.71. The van der Waals surface area contributed by atoms with Crippen LogP contribution in [0.25, 0.3) is 11.4 Å². The highest BCUT2D eigenvalue weighted by Gasteiger charge is 2.14. The molecule has 0 saturated carbocycles. The highest BCUT2D eigenvalue weighted by atomic mass is 35.5. The van der Waals surface area contributed by atoms with Gasteiger partial charge in [-0.15, -0.1) is 0 Å². The normalized spacial score (nSPS) is 11.0. The number of halogens is 1. The van der Waals surface area contributed by atoms with E-state index in [9.17, 15) is 4.79 Å². The van der Waals surface area contributed by atoms with E-state index in [1.807, 2.05) is 36.4 Å². The minimum Gasteiger partial charge on any atom is -0.341 e. The van der Waals surface area contributed by atoms with Crippen molar-refractivity contribution in [2.24, 2.45) is 0 Å². The van der Waals surface area contributed by atoms with Gasteiger partial charge in [0.1, 0.15) is 0 Å². The summed E-state index contributed by atoms with van der Waals surface area (Å²) in [6.07, 6.45) is 0.723. The number of rotatable bonds is 7. The zero-order chi connectivity index (χ0) is 20.1. The predicted octanol–water partition coefficient (Wildman–Crippen LogP) is 5.10. The molecule has 0 fully saturated rings. The summed E-state index contributed by atoms with van der Waals surface area (Å²) in [6.45, 7) is 4.82. The molecule has 3 rings (SSSR count). The van der Waals surface area contributed by atoms with Crippen LogP contribution in [-0.4, -0.2) is 28.0 Å². The minimum atomic E-state index is 0.0148. The highest BCUT2D eigenvalue weighted by molar-refractivity contribution is 6.30. The topological polar surface area (TPSA) is 59.2 Å². The Bertz CT molecular complexity index is 935. The van der Waals surface area contributed by atoms with Crippen LogP contribution < -0.4 is 0 Å². The molecule has 0 aliphatic rings. The number of carbonyl (C=O) groups excluding carboxylic acids is 1. The van der Waals surface area contributed by atoms with Crippen LogP contribution >= 0.6 is 11.6 Å². The van der Waals surface area contributed by atoms with Gasteiger partial charge in [-0.2, -0.15) is 4.98 Å². The van der Waals surface area contributed by atoms with Gasteiger partial charge in [0, 0.05) is 37.0 Å². The quantitative estimate of drug-likeness (QED) is 0.556. The van der Waals surface area contributed by atoms with Gasteiger partial charge in [0.05, 0.1) is 0 Å². The summed E-state index contributed by atoms with van der Waals surface area (Å²) in [5.41, 5.74) is 3.16. The second kappa shape index (κ2) is 9.02. The smallest absolute Gasteiger partial charge is 0.227 e. The molecule has 0 N–H and O–H groups in total. The second-order valence-corrected chi connectivity index (χ2v) is 7.60. The molecule has 3 aromatic rings. The molecule has 6 heteroatoms. The van der Waals surface area contributed by atoms with Crippen LogP contribution in [0, 0.1) is 0 Å². The third-order valence-corrected chi connectivity index (χ3v) is 4.83. The number of nitrogens with zero attached hydrogens (tertiary/aromatic N) is 3. The maximum Gasteiger partial charge on any atom is 0.227 e. The molecule has 0 bridgehead atoms. The lowest BCUT2D eigenvalue weighted by molar-refractivity contribution is -0.130. The van der Waals surface area contributed by atoms with E-state index in [1.54, 1.807) is 11.9 Å². The van der Waals surface area contributed by atoms with Crippen molar-refractivity contribution in [1.82, 2.24) is 15.0 Å². The molecule has 5 nitrogen and oxygen atoms in total. The van der Waals surface area contributed by atoms with Crippen molar-refractivity contribution >= 4 is 17.5 Å². The van der Waals surface area contributed by atoms with Crippen LogP contribution in [0.1, 0.15) is 43.2 Å². The van der Waals surface area contributed by atoms with E-state index in [2.05, 4.69) is 36.1 Å². The van der Waals surface area contributed by atoms with Crippen LogP contribution in [0.3, 0.4) is 0 Å². The first-order valence-electron chi connectivity index (χ1n) is 9.33. The van der Waals surface area contributed by atoms with Crippen molar-refractivity contribution in [3.63, 3.8) is 0 Å². The van der Waals surface area contributed by atoms with Crippen molar-refractivity contribution in [2.75, 3.05) is 7.05 Å². The number of aromatic nitrogens is 2. The number of aryl methyl sites for hydroxylation is 1. The Morgan fingerprint density at radius 2 is 1.93 bits per heavy atom. The van der Waals surface area contributed by atoms with Crippen molar-refractivity contribution in [3.8, 4) is 11.4 Å². The van der Waals surface area contributed by atoms with Gasteiger partial charge in [-0.3, -0.25) is 4.79 Å². The molecule has 0 aliphatic heterocycles. The third kappa shape index (κ3) is 5.20. The number of benzene rings is 2. The fourth-order valence-electron chi connectivity index (χ4n) is 2.89. The largest absolute Gasteiger partial charge is 0.341 e. The van der Waals surface area contributed by atoms with E-state index in [4.69, 9.17) is 16.1 Å². The monoisotopic (exact) mass is 397 g/mol. The maximum atomic E-state index is 12.4. The van der Waals surface area contributed by atoms with E-state index in [-0.39, 0.29) is 5.91 Å². The molecule has 1 heterocycles. The zero-order valence-electron chi connectivity index (χ0n) is 16.4. The first kappa shape index (κ1) is 20.1. The van der Waals surface area contributed by atoms with E-state index >= 15 is 0 Å². The molecular weight excluding hydrogens is 374 g/mol. The van der Waals surface area contributed by atoms with Crippen molar-refractivity contribution < 1.29 is 9.32 Å². The second-order valence-electron chi connectivity index (χ2n) is 7.17. The molecule has 2 aromatic carbocycles. The van der Waals surface area contributed by atoms with Gasteiger partial charge in [0.15, 0.2) is 0 Å². The molecule has 0 aliphatic carbocycles. The van der Waals surface area contributed by atoms with Crippen LogP contribution in [0.15, 0.2) is 53.1 Å². The van der Waals surface area contributed by atoms with Gasteiger partial charge < -0.3 is 9.42 Å². The Labute approximate surface area is 170 Å². The lowest BCUT2D eigenvalue weighted by atomic mass is 10.0. The summed E-state index contributed by atoms with van der Waals surface area (Å²) in [6, 6.07) is 15.6. The Kier molecular flexibility index (Phi) is 6.47. The van der Waals surface area contributed by atoms with Gasteiger partial charge in [0.2, 0.25) is 17.6 Å². The molecule has 146 valence electrons. The zero-order valence-corrected chi connectivity index (χ0v) is 17.1. The van der Waals surface area contributed by atoms with Gasteiger partial charge in [-0.05, 0) is 29.2 Å². The van der Waals surface area contributed by atoms with Crippen LogP contribution in [0.5, 0.6) is 0 Å². The summed E-state index contributed by atoms with van der Waals surface area (Å²) in [5.74, 6) is 1.50. The molecule has 28 heavy (non-hydrogen) atoms. The molecular formula is C22H24ClN3O2. The van der Waals surface area contributed by atoms with Crippen molar-refractivity contribution in [1.29, 1.82) is 0 Å². The first-order chi connectivity index (χ1) is 13.4. The van der Waals surface area contributed by atoms with E-state index < -0.39 is 0 Å². The van der Waals surface area contributed by atoms with E-state index in [0.717, 1.165) is 11.1 Å². The van der Waals surface area contributed by atoms with Crippen molar-refractivity contribution in [2.45, 2.75) is 39.2 Å². The van der Waals surface area contributed by atoms with Crippen molar-refractivity contribution in [3.05, 3.63) is 70.6 Å². The molecule has 0 radical (unpaired) electrons. The highest BCUT2D eigenvalue weighted by Crippen LogP contribution is 2.21. The lowest BCUT2D eigenvalue weighted by Gasteiger charge is -2.17. The minimum absolute atomic E-state index is 0.0148. The molecule has 0 saturated heterocycles. The summed E-state index contributed by atoms with van der Waals surface area (Å²) >= 11 is 5.99. The molecule has 0 atom stereocenters. The fourth-order valence-corrected chi connectivity index (χ4v) is 3.11. The molecule has 0 spiro atoms. The van der Waals surface area contributed by atoms with Crippen LogP contribution in [0.4, 0.5) is 0 Å². The predicted molar refractivity (Wildman–Crippen MR) is 110 cm³/mol. The number of amides is 1. The summed E-state index contributed by atoms with van der Waals surface area (Å²) in [5, 5.41) is 4.70. The SMILES string of the molecule is CC(C)c1ccc(-c2noc(CCC(=O)N(C)Cc3cccc(Cl)c3)n2)cc1. The average molecular weight is 398 g/mol. The van der Waals surface area contributed by atoms with Gasteiger partial charge in [-0.1, -0.05) is 67.0 Å². The molecule has 1 amide bonds. The average Bonchev–Trinajstić information content (AvgIpc) is 3.15. The Balaban J connectivity index is 1.55. The molecule has 1 aromatic heterocycles. The summed E-state index contributed by atoms with van der Waals surface area (Å²) in [4.78, 5) is 18.5. The van der Waals surface area contributed by atoms with Gasteiger partial charge >= 0.3 is 0 Å². The standard InChI is InChI=1S/C22H24ClN3O2/c1-15(2)17-7-9-18(10-8-17)22-24-20(28-25-22)11-12-21(27)26(3)14-16-5-4-6-19(23)13-16/h4-10,13,15H,11-12,14H2,1-3H3. The van der Waals surface area contributed by atoms with E-state index in [0.29, 0.717) is 42.0 Å². The number of carbonyl (C=O) groups is 1. The maximum absolute atomic E-state index is 12.4. The van der Waals surface area contributed by atoms with Crippen LogP contribution in [-0.2, 0) is 17.8 Å². The third-order valence-electron chi connectivity index (χ3n) is 4.59. The summed E-state index contributed by atoms with van der Waals surface area (Å²) < 4.78 is 5.31. The Morgan fingerprint density at radius 3 is 2.61 bits per heavy atom. The lowest BCUT2D eigenvalue weighted by Crippen LogP contribution is -2.26. The number of hydrogen-bond acceptors (Lipinski definition) is 4.